The monoisotopic (exact) mass is 360 g/mol. The summed E-state index contributed by atoms with van der Waals surface area (Å²) in [5, 5.41) is 10.8. The van der Waals surface area contributed by atoms with Crippen LogP contribution >= 0.6 is 15.9 Å². The van der Waals surface area contributed by atoms with Gasteiger partial charge in [0.15, 0.2) is 0 Å². The van der Waals surface area contributed by atoms with E-state index in [4.69, 9.17) is 0 Å². The van der Waals surface area contributed by atoms with Crippen LogP contribution in [-0.4, -0.2) is 16.5 Å². The minimum absolute atomic E-state index is 0.213. The first-order chi connectivity index (χ1) is 10.3. The first-order valence-electron chi connectivity index (χ1n) is 9.22. The van der Waals surface area contributed by atoms with Gasteiger partial charge in [-0.2, -0.15) is 0 Å². The summed E-state index contributed by atoms with van der Waals surface area (Å²) < 4.78 is 0. The van der Waals surface area contributed by atoms with Gasteiger partial charge in [-0.05, 0) is 25.7 Å². The van der Waals surface area contributed by atoms with Crippen molar-refractivity contribution in [2.75, 3.05) is 5.33 Å². The van der Waals surface area contributed by atoms with E-state index in [1.54, 1.807) is 0 Å². The van der Waals surface area contributed by atoms with Crippen LogP contribution in [-0.2, 0) is 0 Å². The van der Waals surface area contributed by atoms with Gasteiger partial charge in [-0.25, -0.2) is 0 Å². The van der Waals surface area contributed by atoms with Crippen LogP contribution in [0, 0.1) is 0 Å². The molecule has 0 aromatic heterocycles. The maximum Gasteiger partial charge on any atom is 0.0720 e. The molecule has 0 spiro atoms. The minimum Gasteiger partial charge on any atom is -0.389 e. The van der Waals surface area contributed by atoms with Crippen LogP contribution in [0.15, 0.2) is 12.2 Å². The number of hydrogen-bond donors (Lipinski definition) is 1. The third-order valence-corrected chi connectivity index (χ3v) is 4.53. The summed E-state index contributed by atoms with van der Waals surface area (Å²) in [6, 6.07) is 0. The van der Waals surface area contributed by atoms with Crippen molar-refractivity contribution in [3.8, 4) is 0 Å². The van der Waals surface area contributed by atoms with Crippen molar-refractivity contribution in [1.29, 1.82) is 0 Å². The summed E-state index contributed by atoms with van der Waals surface area (Å²) in [7, 11) is 0. The molecule has 0 heterocycles. The molecule has 0 saturated carbocycles. The van der Waals surface area contributed by atoms with Crippen LogP contribution in [0.2, 0.25) is 0 Å². The Morgan fingerprint density at radius 1 is 0.810 bits per heavy atom. The zero-order valence-electron chi connectivity index (χ0n) is 14.2. The van der Waals surface area contributed by atoms with Crippen molar-refractivity contribution in [3.05, 3.63) is 12.2 Å². The number of alkyl halides is 1. The Morgan fingerprint density at radius 2 is 1.33 bits per heavy atom. The van der Waals surface area contributed by atoms with E-state index in [1.165, 1.54) is 70.6 Å². The number of rotatable bonds is 16. The fourth-order valence-corrected chi connectivity index (χ4v) is 2.93. The topological polar surface area (TPSA) is 20.2 Å². The Hall–Kier alpha value is 0.180. The van der Waals surface area contributed by atoms with Crippen molar-refractivity contribution >= 4 is 15.9 Å². The Balaban J connectivity index is 3.13. The number of aliphatic hydroxyl groups is 1. The molecule has 21 heavy (non-hydrogen) atoms. The summed E-state index contributed by atoms with van der Waals surface area (Å²) in [5.41, 5.74) is 0. The Labute approximate surface area is 141 Å². The van der Waals surface area contributed by atoms with Gasteiger partial charge in [-0.1, -0.05) is 99.2 Å². The second-order valence-corrected chi connectivity index (χ2v) is 6.94. The summed E-state index contributed by atoms with van der Waals surface area (Å²) in [6.45, 7) is 2.17. The third kappa shape index (κ3) is 18.1. The van der Waals surface area contributed by atoms with E-state index < -0.39 is 0 Å². The zero-order valence-corrected chi connectivity index (χ0v) is 15.7. The smallest absolute Gasteiger partial charge is 0.0720 e. The van der Waals surface area contributed by atoms with Gasteiger partial charge in [-0.3, -0.25) is 0 Å². The van der Waals surface area contributed by atoms with Gasteiger partial charge in [0, 0.05) is 5.33 Å². The molecular formula is C19H37BrO. The summed E-state index contributed by atoms with van der Waals surface area (Å²) >= 11 is 3.48. The number of allylic oxidation sites excluding steroid dienone is 1. The number of hydrogen-bond acceptors (Lipinski definition) is 1. The maximum absolute atomic E-state index is 9.67. The first-order valence-corrected chi connectivity index (χ1v) is 10.3. The fraction of sp³-hybridized carbons (Fsp3) is 0.895. The highest BCUT2D eigenvalue weighted by atomic mass is 79.9. The van der Waals surface area contributed by atoms with Gasteiger partial charge in [0.1, 0.15) is 0 Å². The molecule has 0 aliphatic carbocycles. The van der Waals surface area contributed by atoms with Crippen LogP contribution in [0.25, 0.3) is 0 Å². The Kier molecular flexibility index (Phi) is 18.4. The Bertz CT molecular complexity index is 216. The molecule has 1 N–H and O–H groups in total. The molecule has 0 bridgehead atoms. The SMILES string of the molecule is CCCC[C@@H](O)C=CCCCCCCCCCCCCBr. The molecule has 0 fully saturated rings. The highest BCUT2D eigenvalue weighted by Gasteiger charge is 1.96. The van der Waals surface area contributed by atoms with E-state index in [-0.39, 0.29) is 6.10 Å². The van der Waals surface area contributed by atoms with Gasteiger partial charge >= 0.3 is 0 Å². The molecule has 0 aromatic carbocycles. The lowest BCUT2D eigenvalue weighted by molar-refractivity contribution is 0.209. The molecule has 1 nitrogen and oxygen atoms in total. The van der Waals surface area contributed by atoms with Crippen LogP contribution in [0.5, 0.6) is 0 Å². The predicted molar refractivity (Wildman–Crippen MR) is 99.3 cm³/mol. The molecular weight excluding hydrogens is 324 g/mol. The normalized spacial score (nSPS) is 13.1. The molecule has 0 aromatic rings. The van der Waals surface area contributed by atoms with E-state index in [9.17, 15) is 5.11 Å². The van der Waals surface area contributed by atoms with Gasteiger partial charge in [-0.15, -0.1) is 0 Å². The molecule has 126 valence electrons. The van der Waals surface area contributed by atoms with Crippen LogP contribution in [0.3, 0.4) is 0 Å². The van der Waals surface area contributed by atoms with E-state index in [0.717, 1.165) is 24.6 Å². The summed E-state index contributed by atoms with van der Waals surface area (Å²) in [4.78, 5) is 0. The van der Waals surface area contributed by atoms with Crippen molar-refractivity contribution in [2.45, 2.75) is 103 Å². The molecule has 1 atom stereocenters. The second kappa shape index (κ2) is 18.2. The van der Waals surface area contributed by atoms with E-state index >= 15 is 0 Å². The molecule has 0 amide bonds. The second-order valence-electron chi connectivity index (χ2n) is 6.15. The molecule has 0 aliphatic rings. The largest absolute Gasteiger partial charge is 0.389 e. The number of aliphatic hydroxyl groups excluding tert-OH is 1. The lowest BCUT2D eigenvalue weighted by Crippen LogP contribution is -2.00. The van der Waals surface area contributed by atoms with Gasteiger partial charge < -0.3 is 5.11 Å². The van der Waals surface area contributed by atoms with Crippen molar-refractivity contribution in [1.82, 2.24) is 0 Å². The molecule has 0 aliphatic heterocycles. The van der Waals surface area contributed by atoms with Gasteiger partial charge in [0.2, 0.25) is 0 Å². The van der Waals surface area contributed by atoms with Gasteiger partial charge in [0.25, 0.3) is 0 Å². The summed E-state index contributed by atoms with van der Waals surface area (Å²) in [5.74, 6) is 0. The van der Waals surface area contributed by atoms with Gasteiger partial charge in [0.05, 0.1) is 6.10 Å². The average molecular weight is 361 g/mol. The van der Waals surface area contributed by atoms with E-state index in [0.29, 0.717) is 0 Å². The minimum atomic E-state index is -0.213. The lowest BCUT2D eigenvalue weighted by atomic mass is 10.1. The molecule has 0 saturated heterocycles. The predicted octanol–water partition coefficient (Wildman–Crippen LogP) is 6.78. The maximum atomic E-state index is 9.67. The molecule has 0 rings (SSSR count). The molecule has 2 heteroatoms. The molecule has 0 radical (unpaired) electrons. The molecule has 0 unspecified atom stereocenters. The number of unbranched alkanes of at least 4 members (excludes halogenated alkanes) is 11. The first kappa shape index (κ1) is 21.2. The summed E-state index contributed by atoms with van der Waals surface area (Å²) in [6.07, 6.45) is 22.1. The fourth-order valence-electron chi connectivity index (χ4n) is 2.53. The number of halogens is 1. The highest BCUT2D eigenvalue weighted by Crippen LogP contribution is 2.12. The Morgan fingerprint density at radius 3 is 1.86 bits per heavy atom. The average Bonchev–Trinajstić information content (AvgIpc) is 2.49. The lowest BCUT2D eigenvalue weighted by Gasteiger charge is -2.03. The van der Waals surface area contributed by atoms with Crippen molar-refractivity contribution in [3.63, 3.8) is 0 Å². The third-order valence-electron chi connectivity index (χ3n) is 3.97. The van der Waals surface area contributed by atoms with Crippen LogP contribution in [0.1, 0.15) is 96.8 Å². The van der Waals surface area contributed by atoms with Crippen molar-refractivity contribution in [2.24, 2.45) is 0 Å². The van der Waals surface area contributed by atoms with E-state index in [1.807, 2.05) is 6.08 Å². The quantitative estimate of drug-likeness (QED) is 0.182. The van der Waals surface area contributed by atoms with Crippen molar-refractivity contribution < 1.29 is 5.11 Å². The van der Waals surface area contributed by atoms with Crippen LogP contribution < -0.4 is 0 Å². The van der Waals surface area contributed by atoms with E-state index in [2.05, 4.69) is 28.9 Å². The highest BCUT2D eigenvalue weighted by molar-refractivity contribution is 9.09. The standard InChI is InChI=1S/C19H37BrO/c1-2-3-16-19(21)17-14-12-10-8-6-4-5-7-9-11-13-15-18-20/h14,17,19,21H,2-13,15-16,18H2,1H3/t19-/m1/s1. The van der Waals surface area contributed by atoms with Crippen LogP contribution in [0.4, 0.5) is 0 Å². The zero-order chi connectivity index (χ0) is 15.6.